The van der Waals surface area contributed by atoms with E-state index in [1.807, 2.05) is 13.8 Å². The van der Waals surface area contributed by atoms with Crippen LogP contribution in [0.1, 0.15) is 41.0 Å². The minimum Gasteiger partial charge on any atom is -0.258 e. The summed E-state index contributed by atoms with van der Waals surface area (Å²) in [6.07, 6.45) is 0.993. The zero-order chi connectivity index (χ0) is 9.72. The number of nitrogens with zero attached hydrogens (tertiary/aromatic N) is 1. The van der Waals surface area contributed by atoms with Gasteiger partial charge in [0.05, 0.1) is 0 Å². The van der Waals surface area contributed by atoms with E-state index in [9.17, 15) is 0 Å². The molecular weight excluding hydrogens is 146 g/mol. The van der Waals surface area contributed by atoms with Gasteiger partial charge in [-0.05, 0) is 39.7 Å². The average molecular weight is 165 g/mol. The highest BCUT2D eigenvalue weighted by molar-refractivity contribution is 5.97. The van der Waals surface area contributed by atoms with Crippen molar-refractivity contribution < 1.29 is 0 Å². The summed E-state index contributed by atoms with van der Waals surface area (Å²) in [5.74, 6) is 0. The fourth-order valence-electron chi connectivity index (χ4n) is 0.842. The van der Waals surface area contributed by atoms with Crippen molar-refractivity contribution in [1.29, 1.82) is 0 Å². The van der Waals surface area contributed by atoms with Crippen molar-refractivity contribution in [1.82, 2.24) is 0 Å². The van der Waals surface area contributed by atoms with Crippen molar-refractivity contribution in [2.75, 3.05) is 0 Å². The molecule has 0 aliphatic rings. The van der Waals surface area contributed by atoms with Gasteiger partial charge in [0.1, 0.15) is 0 Å². The number of hydrogen-bond donors (Lipinski definition) is 0. The van der Waals surface area contributed by atoms with Crippen molar-refractivity contribution in [3.63, 3.8) is 0 Å². The van der Waals surface area contributed by atoms with E-state index in [-0.39, 0.29) is 0 Å². The maximum Gasteiger partial charge on any atom is 0.0399 e. The zero-order valence-electron chi connectivity index (χ0n) is 8.86. The lowest BCUT2D eigenvalue weighted by Gasteiger charge is -2.03. The Hall–Kier alpha value is -0.850. The highest BCUT2D eigenvalue weighted by atomic mass is 14.8. The Labute approximate surface area is 75.9 Å². The van der Waals surface area contributed by atoms with Crippen LogP contribution in [0.3, 0.4) is 0 Å². The molecule has 0 saturated carbocycles. The number of rotatable bonds is 3. The minimum absolute atomic E-state index is 0.993. The van der Waals surface area contributed by atoms with Gasteiger partial charge in [-0.25, -0.2) is 0 Å². The van der Waals surface area contributed by atoms with Crippen molar-refractivity contribution in [3.05, 3.63) is 23.4 Å². The van der Waals surface area contributed by atoms with Crippen molar-refractivity contribution in [2.45, 2.75) is 41.0 Å². The minimum atomic E-state index is 0.993. The fraction of sp³-hybridized carbons (Fsp3) is 0.545. The molecule has 1 nitrogen and oxygen atoms in total. The standard InChI is InChI=1S/C11H19N/c1-7-11(9(4)5)12-10(6)8(2)3/h2,7H2,1,3-6H3. The molecule has 0 heterocycles. The van der Waals surface area contributed by atoms with Gasteiger partial charge in [0, 0.05) is 11.4 Å². The Morgan fingerprint density at radius 2 is 1.67 bits per heavy atom. The molecule has 68 valence electrons. The summed E-state index contributed by atoms with van der Waals surface area (Å²) in [5.41, 5.74) is 4.55. The van der Waals surface area contributed by atoms with E-state index in [4.69, 9.17) is 0 Å². The molecule has 0 aliphatic carbocycles. The van der Waals surface area contributed by atoms with Crippen LogP contribution in [0.25, 0.3) is 0 Å². The van der Waals surface area contributed by atoms with E-state index in [1.165, 1.54) is 11.3 Å². The Morgan fingerprint density at radius 3 is 1.92 bits per heavy atom. The van der Waals surface area contributed by atoms with Gasteiger partial charge < -0.3 is 0 Å². The molecule has 0 aromatic heterocycles. The Kier molecular flexibility index (Phi) is 4.57. The topological polar surface area (TPSA) is 12.4 Å². The smallest absolute Gasteiger partial charge is 0.0399 e. The summed E-state index contributed by atoms with van der Waals surface area (Å²) < 4.78 is 0. The number of hydrogen-bond acceptors (Lipinski definition) is 1. The lowest BCUT2D eigenvalue weighted by molar-refractivity contribution is 1.02. The van der Waals surface area contributed by atoms with Crippen molar-refractivity contribution in [2.24, 2.45) is 4.99 Å². The quantitative estimate of drug-likeness (QED) is 0.565. The van der Waals surface area contributed by atoms with E-state index in [0.717, 1.165) is 17.7 Å². The first kappa shape index (κ1) is 11.2. The van der Waals surface area contributed by atoms with Gasteiger partial charge in [-0.1, -0.05) is 19.1 Å². The number of allylic oxidation sites excluding steroid dienone is 3. The molecule has 0 bridgehead atoms. The van der Waals surface area contributed by atoms with Gasteiger partial charge in [-0.3, -0.25) is 4.99 Å². The van der Waals surface area contributed by atoms with E-state index in [0.29, 0.717) is 0 Å². The molecule has 0 N–H and O–H groups in total. The fourth-order valence-corrected chi connectivity index (χ4v) is 0.842. The van der Waals surface area contributed by atoms with Crippen LogP contribution in [0.4, 0.5) is 0 Å². The van der Waals surface area contributed by atoms with Crippen molar-refractivity contribution in [3.8, 4) is 0 Å². The zero-order valence-corrected chi connectivity index (χ0v) is 8.86. The van der Waals surface area contributed by atoms with E-state index in [1.54, 1.807) is 0 Å². The highest BCUT2D eigenvalue weighted by Gasteiger charge is 1.96. The molecule has 1 heteroatoms. The second kappa shape index (κ2) is 4.91. The lowest BCUT2D eigenvalue weighted by Crippen LogP contribution is -1.93. The van der Waals surface area contributed by atoms with Crippen molar-refractivity contribution >= 4 is 5.71 Å². The van der Waals surface area contributed by atoms with Gasteiger partial charge >= 0.3 is 0 Å². The number of aliphatic imine (C=N–C) groups is 1. The molecule has 0 aliphatic heterocycles. The van der Waals surface area contributed by atoms with Gasteiger partial charge in [0.2, 0.25) is 0 Å². The summed E-state index contributed by atoms with van der Waals surface area (Å²) >= 11 is 0. The Balaban J connectivity index is 4.72. The maximum atomic E-state index is 4.49. The largest absolute Gasteiger partial charge is 0.258 e. The van der Waals surface area contributed by atoms with Gasteiger partial charge in [0.25, 0.3) is 0 Å². The average Bonchev–Trinajstić information content (AvgIpc) is 1.98. The highest BCUT2D eigenvalue weighted by Crippen LogP contribution is 2.10. The monoisotopic (exact) mass is 165 g/mol. The first-order chi connectivity index (χ1) is 5.49. The molecule has 0 amide bonds. The van der Waals surface area contributed by atoms with Crippen LogP contribution in [0.15, 0.2) is 28.4 Å². The van der Waals surface area contributed by atoms with E-state index in [2.05, 4.69) is 32.3 Å². The van der Waals surface area contributed by atoms with Crippen LogP contribution in [0.5, 0.6) is 0 Å². The molecular formula is C11H19N. The van der Waals surface area contributed by atoms with Crippen LogP contribution >= 0.6 is 0 Å². The first-order valence-electron chi connectivity index (χ1n) is 4.36. The van der Waals surface area contributed by atoms with Gasteiger partial charge in [-0.2, -0.15) is 0 Å². The normalized spacial score (nSPS) is 11.2. The molecule has 0 unspecified atom stereocenters. The summed E-state index contributed by atoms with van der Waals surface area (Å²) in [7, 11) is 0. The van der Waals surface area contributed by atoms with E-state index >= 15 is 0 Å². The molecule has 0 saturated heterocycles. The summed E-state index contributed by atoms with van der Waals surface area (Å²) in [6.45, 7) is 14.1. The molecule has 0 aromatic carbocycles. The molecule has 0 fully saturated rings. The Bertz CT molecular complexity index is 227. The summed E-state index contributed by atoms with van der Waals surface area (Å²) in [5, 5.41) is 0. The first-order valence-corrected chi connectivity index (χ1v) is 4.36. The molecule has 0 atom stereocenters. The molecule has 12 heavy (non-hydrogen) atoms. The molecule has 0 rings (SSSR count). The van der Waals surface area contributed by atoms with Crippen LogP contribution in [-0.4, -0.2) is 5.71 Å². The third kappa shape index (κ3) is 3.51. The summed E-state index contributed by atoms with van der Waals surface area (Å²) in [4.78, 5) is 4.49. The SMILES string of the molecule is C=C(C)C(C)=NC(CC)=C(C)C. The molecule has 0 aromatic rings. The van der Waals surface area contributed by atoms with Gasteiger partial charge in [0.15, 0.2) is 0 Å². The Morgan fingerprint density at radius 1 is 1.17 bits per heavy atom. The van der Waals surface area contributed by atoms with Crippen LogP contribution in [-0.2, 0) is 0 Å². The molecule has 0 spiro atoms. The van der Waals surface area contributed by atoms with E-state index < -0.39 is 0 Å². The second-order valence-corrected chi connectivity index (χ2v) is 3.28. The second-order valence-electron chi connectivity index (χ2n) is 3.28. The predicted molar refractivity (Wildman–Crippen MR) is 56.6 cm³/mol. The maximum absolute atomic E-state index is 4.49. The lowest BCUT2D eigenvalue weighted by atomic mass is 10.2. The predicted octanol–water partition coefficient (Wildman–Crippen LogP) is 3.73. The van der Waals surface area contributed by atoms with Crippen LogP contribution in [0, 0.1) is 0 Å². The van der Waals surface area contributed by atoms with Gasteiger partial charge in [-0.15, -0.1) is 0 Å². The summed E-state index contributed by atoms with van der Waals surface area (Å²) in [6, 6.07) is 0. The van der Waals surface area contributed by atoms with Crippen LogP contribution < -0.4 is 0 Å². The third-order valence-corrected chi connectivity index (χ3v) is 1.83. The molecule has 0 radical (unpaired) electrons. The van der Waals surface area contributed by atoms with Crippen LogP contribution in [0.2, 0.25) is 0 Å². The third-order valence-electron chi connectivity index (χ3n) is 1.83.